The maximum atomic E-state index is 12.3. The van der Waals surface area contributed by atoms with Crippen LogP contribution >= 0.6 is 0 Å². The number of H-pyrrole nitrogens is 1. The van der Waals surface area contributed by atoms with Crippen LogP contribution in [-0.4, -0.2) is 16.6 Å². The summed E-state index contributed by atoms with van der Waals surface area (Å²) < 4.78 is 5.36. The molecule has 2 aromatic rings. The molecule has 1 aliphatic carbocycles. The molecule has 0 bridgehead atoms. The number of nitrogens with zero attached hydrogens (tertiary/aromatic N) is 1. The molecule has 108 valence electrons. The van der Waals surface area contributed by atoms with E-state index in [0.717, 1.165) is 37.2 Å². The molecule has 2 aliphatic rings. The van der Waals surface area contributed by atoms with Gasteiger partial charge in [-0.05, 0) is 30.4 Å². The number of aryl methyl sites for hydroxylation is 1. The molecule has 1 atom stereocenters. The lowest BCUT2D eigenvalue weighted by atomic mass is 9.82. The van der Waals surface area contributed by atoms with Gasteiger partial charge in [0.05, 0.1) is 24.5 Å². The summed E-state index contributed by atoms with van der Waals surface area (Å²) in [7, 11) is 0. The summed E-state index contributed by atoms with van der Waals surface area (Å²) in [6.45, 7) is 1.04. The number of aromatic nitrogens is 2. The highest BCUT2D eigenvalue weighted by molar-refractivity contribution is 5.36. The molecule has 1 N–H and O–H groups in total. The molecular weight excluding hydrogens is 264 g/mol. The van der Waals surface area contributed by atoms with E-state index < -0.39 is 0 Å². The Morgan fingerprint density at radius 2 is 2.14 bits per heavy atom. The van der Waals surface area contributed by atoms with Crippen LogP contribution in [0.25, 0.3) is 0 Å². The van der Waals surface area contributed by atoms with Gasteiger partial charge in [0.1, 0.15) is 5.82 Å². The summed E-state index contributed by atoms with van der Waals surface area (Å²) in [5, 5.41) is 0. The van der Waals surface area contributed by atoms with Crippen LogP contribution in [0.15, 0.2) is 29.1 Å². The zero-order chi connectivity index (χ0) is 14.2. The zero-order valence-corrected chi connectivity index (χ0v) is 11.9. The number of rotatable bonds is 1. The van der Waals surface area contributed by atoms with Gasteiger partial charge in [-0.3, -0.25) is 4.79 Å². The van der Waals surface area contributed by atoms with Crippen LogP contribution < -0.4 is 5.56 Å². The fourth-order valence-electron chi connectivity index (χ4n) is 3.47. The first-order valence-electron chi connectivity index (χ1n) is 7.60. The lowest BCUT2D eigenvalue weighted by Crippen LogP contribution is -2.27. The van der Waals surface area contributed by atoms with Gasteiger partial charge in [0.15, 0.2) is 0 Å². The minimum Gasteiger partial charge on any atom is -0.376 e. The smallest absolute Gasteiger partial charge is 0.256 e. The van der Waals surface area contributed by atoms with Gasteiger partial charge in [0.25, 0.3) is 5.56 Å². The van der Waals surface area contributed by atoms with Crippen molar-refractivity contribution in [1.29, 1.82) is 0 Å². The molecule has 0 fully saturated rings. The predicted octanol–water partition coefficient (Wildman–Crippen LogP) is 2.31. The number of hydrogen-bond donors (Lipinski definition) is 1. The third-order valence-corrected chi connectivity index (χ3v) is 4.55. The summed E-state index contributed by atoms with van der Waals surface area (Å²) in [5.74, 6) is 1.04. The summed E-state index contributed by atoms with van der Waals surface area (Å²) >= 11 is 0. The molecule has 0 saturated heterocycles. The van der Waals surface area contributed by atoms with Crippen molar-refractivity contribution >= 4 is 0 Å². The van der Waals surface area contributed by atoms with Gasteiger partial charge in [0, 0.05) is 12.3 Å². The molecule has 0 amide bonds. The largest absolute Gasteiger partial charge is 0.376 e. The van der Waals surface area contributed by atoms with Gasteiger partial charge < -0.3 is 9.72 Å². The van der Waals surface area contributed by atoms with Crippen LogP contribution in [0, 0.1) is 0 Å². The summed E-state index contributed by atoms with van der Waals surface area (Å²) in [5.41, 5.74) is 4.30. The normalized spacial score (nSPS) is 20.7. The van der Waals surface area contributed by atoms with Gasteiger partial charge in [-0.25, -0.2) is 4.98 Å². The number of benzene rings is 1. The van der Waals surface area contributed by atoms with Gasteiger partial charge >= 0.3 is 0 Å². The Bertz CT molecular complexity index is 736. The topological polar surface area (TPSA) is 55.0 Å². The lowest BCUT2D eigenvalue weighted by Gasteiger charge is -2.26. The molecular formula is C17H18N2O2. The standard InChI is InChI=1S/C17H18N2O2/c20-17-14-10-21-9-8-15(14)18-16(19-17)13-7-3-5-11-4-1-2-6-12(11)13/h1-2,4,6,13H,3,5,7-10H2,(H,18,19,20). The molecule has 0 radical (unpaired) electrons. The molecule has 4 heteroatoms. The Kier molecular flexibility index (Phi) is 3.11. The molecule has 0 saturated carbocycles. The molecule has 1 aliphatic heterocycles. The SMILES string of the molecule is O=c1[nH]c(C2CCCc3ccccc32)nc2c1COCC2. The summed E-state index contributed by atoms with van der Waals surface area (Å²) in [6, 6.07) is 8.51. The van der Waals surface area contributed by atoms with Crippen molar-refractivity contribution in [1.82, 2.24) is 9.97 Å². The molecule has 1 unspecified atom stereocenters. The number of hydrogen-bond acceptors (Lipinski definition) is 3. The van der Waals surface area contributed by atoms with E-state index in [1.54, 1.807) is 0 Å². The van der Waals surface area contributed by atoms with Crippen molar-refractivity contribution in [2.24, 2.45) is 0 Å². The second-order valence-corrected chi connectivity index (χ2v) is 5.82. The van der Waals surface area contributed by atoms with E-state index in [2.05, 4.69) is 29.2 Å². The first kappa shape index (κ1) is 12.8. The average molecular weight is 282 g/mol. The van der Waals surface area contributed by atoms with E-state index in [0.29, 0.717) is 18.8 Å². The van der Waals surface area contributed by atoms with E-state index in [1.165, 1.54) is 11.1 Å². The molecule has 4 rings (SSSR count). The van der Waals surface area contributed by atoms with Crippen LogP contribution in [0.4, 0.5) is 0 Å². The molecule has 4 nitrogen and oxygen atoms in total. The van der Waals surface area contributed by atoms with Gasteiger partial charge in [-0.15, -0.1) is 0 Å². The van der Waals surface area contributed by atoms with Crippen molar-refractivity contribution in [3.63, 3.8) is 0 Å². The van der Waals surface area contributed by atoms with Crippen molar-refractivity contribution in [2.45, 2.75) is 38.2 Å². The maximum Gasteiger partial charge on any atom is 0.256 e. The monoisotopic (exact) mass is 282 g/mol. The first-order chi connectivity index (χ1) is 10.3. The molecule has 0 spiro atoms. The Hall–Kier alpha value is -1.94. The predicted molar refractivity (Wildman–Crippen MR) is 79.4 cm³/mol. The Labute approximate surface area is 123 Å². The number of nitrogens with one attached hydrogen (secondary N) is 1. The molecule has 1 aromatic heterocycles. The maximum absolute atomic E-state index is 12.3. The highest BCUT2D eigenvalue weighted by Gasteiger charge is 2.25. The fraction of sp³-hybridized carbons (Fsp3) is 0.412. The summed E-state index contributed by atoms with van der Waals surface area (Å²) in [6.07, 6.45) is 4.05. The Morgan fingerprint density at radius 1 is 1.24 bits per heavy atom. The second-order valence-electron chi connectivity index (χ2n) is 5.82. The molecule has 21 heavy (non-hydrogen) atoms. The van der Waals surface area contributed by atoms with Crippen LogP contribution in [0.2, 0.25) is 0 Å². The van der Waals surface area contributed by atoms with Crippen LogP contribution in [0.1, 0.15) is 47.0 Å². The third-order valence-electron chi connectivity index (χ3n) is 4.55. The van der Waals surface area contributed by atoms with E-state index in [-0.39, 0.29) is 11.5 Å². The van der Waals surface area contributed by atoms with Crippen molar-refractivity contribution in [3.05, 3.63) is 62.8 Å². The number of aromatic amines is 1. The Morgan fingerprint density at radius 3 is 3.10 bits per heavy atom. The lowest BCUT2D eigenvalue weighted by molar-refractivity contribution is 0.107. The van der Waals surface area contributed by atoms with E-state index >= 15 is 0 Å². The van der Waals surface area contributed by atoms with Gasteiger partial charge in [0.2, 0.25) is 0 Å². The Balaban J connectivity index is 1.81. The second kappa shape index (κ2) is 5.11. The summed E-state index contributed by atoms with van der Waals surface area (Å²) in [4.78, 5) is 20.0. The fourth-order valence-corrected chi connectivity index (χ4v) is 3.47. The highest BCUT2D eigenvalue weighted by atomic mass is 16.5. The quantitative estimate of drug-likeness (QED) is 0.873. The van der Waals surface area contributed by atoms with E-state index in [1.807, 2.05) is 0 Å². The van der Waals surface area contributed by atoms with Crippen LogP contribution in [-0.2, 0) is 24.2 Å². The third kappa shape index (κ3) is 2.20. The van der Waals surface area contributed by atoms with Crippen molar-refractivity contribution in [2.75, 3.05) is 6.61 Å². The van der Waals surface area contributed by atoms with Gasteiger partial charge in [-0.1, -0.05) is 24.3 Å². The first-order valence-corrected chi connectivity index (χ1v) is 7.60. The van der Waals surface area contributed by atoms with Crippen LogP contribution in [0.3, 0.4) is 0 Å². The van der Waals surface area contributed by atoms with Crippen molar-refractivity contribution in [3.8, 4) is 0 Å². The zero-order valence-electron chi connectivity index (χ0n) is 11.9. The average Bonchev–Trinajstić information content (AvgIpc) is 2.54. The minimum absolute atomic E-state index is 0.0299. The van der Waals surface area contributed by atoms with E-state index in [4.69, 9.17) is 9.72 Å². The number of ether oxygens (including phenoxy) is 1. The highest BCUT2D eigenvalue weighted by Crippen LogP contribution is 2.34. The van der Waals surface area contributed by atoms with E-state index in [9.17, 15) is 4.79 Å². The minimum atomic E-state index is -0.0299. The molecule has 2 heterocycles. The molecule has 1 aromatic carbocycles. The van der Waals surface area contributed by atoms with Crippen molar-refractivity contribution < 1.29 is 4.74 Å². The van der Waals surface area contributed by atoms with Crippen LogP contribution in [0.5, 0.6) is 0 Å². The van der Waals surface area contributed by atoms with Gasteiger partial charge in [-0.2, -0.15) is 0 Å². The number of fused-ring (bicyclic) bond motifs is 2.